The molecule has 0 atom stereocenters. The zero-order valence-electron chi connectivity index (χ0n) is 10.5. The van der Waals surface area contributed by atoms with Crippen molar-refractivity contribution in [3.05, 3.63) is 42.2 Å². The average Bonchev–Trinajstić information content (AvgIpc) is 2.39. The number of nitrogens with two attached hydrogens (primary N) is 1. The van der Waals surface area contributed by atoms with Gasteiger partial charge in [0.2, 0.25) is 0 Å². The first-order valence-electron chi connectivity index (χ1n) is 5.60. The van der Waals surface area contributed by atoms with E-state index in [-0.39, 0.29) is 0 Å². The normalized spacial score (nSPS) is 10.1. The van der Waals surface area contributed by atoms with E-state index in [2.05, 4.69) is 9.97 Å². The number of hydrogen-bond donors (Lipinski definition) is 1. The van der Waals surface area contributed by atoms with Crippen molar-refractivity contribution in [2.75, 3.05) is 24.8 Å². The maximum absolute atomic E-state index is 5.51. The highest BCUT2D eigenvalue weighted by molar-refractivity contribution is 5.40. The molecule has 5 heteroatoms. The van der Waals surface area contributed by atoms with Crippen LogP contribution >= 0.6 is 0 Å². The van der Waals surface area contributed by atoms with Gasteiger partial charge < -0.3 is 15.4 Å². The Bertz CT molecular complexity index is 513. The van der Waals surface area contributed by atoms with E-state index in [9.17, 15) is 0 Å². The van der Waals surface area contributed by atoms with Crippen molar-refractivity contribution in [1.29, 1.82) is 0 Å². The Balaban J connectivity index is 2.10. The smallest absolute Gasteiger partial charge is 0.147 e. The van der Waals surface area contributed by atoms with Crippen LogP contribution in [0.15, 0.2) is 36.7 Å². The number of nitrogen functional groups attached to an aromatic ring is 1. The largest absolute Gasteiger partial charge is 0.497 e. The second kappa shape index (κ2) is 5.35. The van der Waals surface area contributed by atoms with Crippen LogP contribution in [-0.4, -0.2) is 24.1 Å². The van der Waals surface area contributed by atoms with Crippen LogP contribution in [-0.2, 0) is 6.54 Å². The Kier molecular flexibility index (Phi) is 3.62. The zero-order chi connectivity index (χ0) is 13.0. The molecule has 0 saturated heterocycles. The molecule has 5 nitrogen and oxygen atoms in total. The number of aromatic nitrogens is 2. The number of nitrogens with zero attached hydrogens (tertiary/aromatic N) is 3. The van der Waals surface area contributed by atoms with Crippen LogP contribution in [0.1, 0.15) is 5.56 Å². The van der Waals surface area contributed by atoms with Crippen molar-refractivity contribution >= 4 is 11.6 Å². The van der Waals surface area contributed by atoms with Gasteiger partial charge in [-0.05, 0) is 17.7 Å². The second-order valence-corrected chi connectivity index (χ2v) is 4.01. The summed E-state index contributed by atoms with van der Waals surface area (Å²) in [4.78, 5) is 10.2. The second-order valence-electron chi connectivity index (χ2n) is 4.01. The summed E-state index contributed by atoms with van der Waals surface area (Å²) in [6.07, 6.45) is 3.22. The van der Waals surface area contributed by atoms with Gasteiger partial charge in [0.15, 0.2) is 0 Å². The van der Waals surface area contributed by atoms with Crippen LogP contribution < -0.4 is 15.4 Å². The van der Waals surface area contributed by atoms with E-state index in [1.807, 2.05) is 36.2 Å². The first-order chi connectivity index (χ1) is 8.69. The highest BCUT2D eigenvalue weighted by Crippen LogP contribution is 2.16. The summed E-state index contributed by atoms with van der Waals surface area (Å²) in [7, 11) is 3.62. The molecule has 0 unspecified atom stereocenters. The van der Waals surface area contributed by atoms with Crippen molar-refractivity contribution < 1.29 is 4.74 Å². The maximum Gasteiger partial charge on any atom is 0.147 e. The van der Waals surface area contributed by atoms with Crippen LogP contribution in [0.3, 0.4) is 0 Å². The van der Waals surface area contributed by atoms with Crippen molar-refractivity contribution in [3.63, 3.8) is 0 Å². The minimum absolute atomic E-state index is 0.425. The third-order valence-electron chi connectivity index (χ3n) is 2.60. The first-order valence-corrected chi connectivity index (χ1v) is 5.60. The number of hydrogen-bond acceptors (Lipinski definition) is 5. The van der Waals surface area contributed by atoms with Crippen LogP contribution in [0.25, 0.3) is 0 Å². The monoisotopic (exact) mass is 244 g/mol. The standard InChI is InChI=1S/C13H16N4O/c1-17(13-8-15-12(14)7-16-13)9-10-4-3-5-11(6-10)18-2/h3-8H,9H2,1-2H3,(H2,14,15). The van der Waals surface area contributed by atoms with E-state index in [0.29, 0.717) is 5.82 Å². The molecule has 1 aromatic heterocycles. The fourth-order valence-corrected chi connectivity index (χ4v) is 1.65. The molecular weight excluding hydrogens is 228 g/mol. The quantitative estimate of drug-likeness (QED) is 0.886. The van der Waals surface area contributed by atoms with Crippen LogP contribution in [0.2, 0.25) is 0 Å². The van der Waals surface area contributed by atoms with Gasteiger partial charge >= 0.3 is 0 Å². The molecule has 94 valence electrons. The lowest BCUT2D eigenvalue weighted by Crippen LogP contribution is -2.18. The van der Waals surface area contributed by atoms with E-state index in [4.69, 9.17) is 10.5 Å². The van der Waals surface area contributed by atoms with Crippen LogP contribution in [0, 0.1) is 0 Å². The minimum Gasteiger partial charge on any atom is -0.497 e. The van der Waals surface area contributed by atoms with Crippen molar-refractivity contribution in [3.8, 4) is 5.75 Å². The molecule has 0 fully saturated rings. The van der Waals surface area contributed by atoms with E-state index in [1.165, 1.54) is 0 Å². The van der Waals surface area contributed by atoms with Gasteiger partial charge in [-0.1, -0.05) is 12.1 Å². The summed E-state index contributed by atoms with van der Waals surface area (Å²) in [5, 5.41) is 0. The van der Waals surface area contributed by atoms with Crippen molar-refractivity contribution in [2.24, 2.45) is 0 Å². The van der Waals surface area contributed by atoms with Crippen LogP contribution in [0.4, 0.5) is 11.6 Å². The fraction of sp³-hybridized carbons (Fsp3) is 0.231. The average molecular weight is 244 g/mol. The van der Waals surface area contributed by atoms with Gasteiger partial charge in [0.1, 0.15) is 17.4 Å². The predicted octanol–water partition coefficient (Wildman–Crippen LogP) is 1.70. The van der Waals surface area contributed by atoms with Gasteiger partial charge in [0, 0.05) is 13.6 Å². The van der Waals surface area contributed by atoms with Gasteiger partial charge in [0.05, 0.1) is 19.5 Å². The lowest BCUT2D eigenvalue weighted by molar-refractivity contribution is 0.414. The molecule has 0 amide bonds. The molecule has 0 radical (unpaired) electrons. The first kappa shape index (κ1) is 12.2. The number of benzene rings is 1. The molecule has 0 aliphatic heterocycles. The van der Waals surface area contributed by atoms with Gasteiger partial charge in [-0.2, -0.15) is 0 Å². The fourth-order valence-electron chi connectivity index (χ4n) is 1.65. The summed E-state index contributed by atoms with van der Waals surface area (Å²) < 4.78 is 5.19. The lowest BCUT2D eigenvalue weighted by Gasteiger charge is -2.18. The number of rotatable bonds is 4. The highest BCUT2D eigenvalue weighted by Gasteiger charge is 2.04. The Labute approximate surface area is 106 Å². The molecule has 18 heavy (non-hydrogen) atoms. The Morgan fingerprint density at radius 3 is 2.78 bits per heavy atom. The van der Waals surface area contributed by atoms with E-state index < -0.39 is 0 Å². The van der Waals surface area contributed by atoms with Crippen LogP contribution in [0.5, 0.6) is 5.75 Å². The minimum atomic E-state index is 0.425. The number of ether oxygens (including phenoxy) is 1. The number of methoxy groups -OCH3 is 1. The van der Waals surface area contributed by atoms with E-state index in [0.717, 1.165) is 23.7 Å². The Morgan fingerprint density at radius 1 is 1.28 bits per heavy atom. The summed E-state index contributed by atoms with van der Waals surface area (Å²) in [6, 6.07) is 7.94. The third-order valence-corrected chi connectivity index (χ3v) is 2.60. The van der Waals surface area contributed by atoms with Gasteiger partial charge in [0.25, 0.3) is 0 Å². The third kappa shape index (κ3) is 2.88. The predicted molar refractivity (Wildman–Crippen MR) is 71.5 cm³/mol. The molecule has 2 rings (SSSR count). The molecule has 2 aromatic rings. The Hall–Kier alpha value is -2.30. The van der Waals surface area contributed by atoms with Gasteiger partial charge in [-0.25, -0.2) is 9.97 Å². The van der Waals surface area contributed by atoms with E-state index >= 15 is 0 Å². The maximum atomic E-state index is 5.51. The summed E-state index contributed by atoms with van der Waals surface area (Å²) in [5.41, 5.74) is 6.66. The topological polar surface area (TPSA) is 64.3 Å². The molecular formula is C13H16N4O. The molecule has 0 bridgehead atoms. The molecule has 0 aliphatic carbocycles. The molecule has 2 N–H and O–H groups in total. The molecule has 0 aliphatic rings. The van der Waals surface area contributed by atoms with Gasteiger partial charge in [-0.3, -0.25) is 0 Å². The molecule has 1 aromatic carbocycles. The SMILES string of the molecule is COc1cccc(CN(C)c2cnc(N)cn2)c1. The van der Waals surface area contributed by atoms with Gasteiger partial charge in [-0.15, -0.1) is 0 Å². The summed E-state index contributed by atoms with van der Waals surface area (Å²) >= 11 is 0. The zero-order valence-corrected chi connectivity index (χ0v) is 10.5. The van der Waals surface area contributed by atoms with E-state index in [1.54, 1.807) is 19.5 Å². The molecule has 0 saturated carbocycles. The lowest BCUT2D eigenvalue weighted by atomic mass is 10.2. The molecule has 1 heterocycles. The Morgan fingerprint density at radius 2 is 2.11 bits per heavy atom. The summed E-state index contributed by atoms with van der Waals surface area (Å²) in [6.45, 7) is 0.732. The molecule has 0 spiro atoms. The van der Waals surface area contributed by atoms with Crippen molar-refractivity contribution in [1.82, 2.24) is 9.97 Å². The van der Waals surface area contributed by atoms with Crippen molar-refractivity contribution in [2.45, 2.75) is 6.54 Å². The number of anilines is 2. The highest BCUT2D eigenvalue weighted by atomic mass is 16.5. The summed E-state index contributed by atoms with van der Waals surface area (Å²) in [5.74, 6) is 2.06.